The molecule has 0 bridgehead atoms. The molecular formula is C14H21ClFN. The maximum Gasteiger partial charge on any atom is 0.123 e. The largest absolute Gasteiger partial charge is 0.310 e. The van der Waals surface area contributed by atoms with Crippen LogP contribution in [-0.2, 0) is 0 Å². The van der Waals surface area contributed by atoms with Crippen LogP contribution in [0.15, 0.2) is 18.2 Å². The van der Waals surface area contributed by atoms with Crippen LogP contribution in [0.2, 0.25) is 5.02 Å². The lowest BCUT2D eigenvalue weighted by molar-refractivity contribution is 0.484. The van der Waals surface area contributed by atoms with E-state index in [1.165, 1.54) is 18.9 Å². The average Bonchev–Trinajstić information content (AvgIpc) is 2.32. The molecule has 0 radical (unpaired) electrons. The number of unbranched alkanes of at least 4 members (excludes halogenated alkanes) is 2. The van der Waals surface area contributed by atoms with E-state index in [1.807, 2.05) is 0 Å². The van der Waals surface area contributed by atoms with Gasteiger partial charge < -0.3 is 5.32 Å². The molecule has 1 nitrogen and oxygen atoms in total. The monoisotopic (exact) mass is 257 g/mol. The molecule has 0 fully saturated rings. The predicted molar refractivity (Wildman–Crippen MR) is 72.0 cm³/mol. The van der Waals surface area contributed by atoms with Gasteiger partial charge in [-0.25, -0.2) is 4.39 Å². The van der Waals surface area contributed by atoms with Gasteiger partial charge in [-0.1, -0.05) is 44.7 Å². The summed E-state index contributed by atoms with van der Waals surface area (Å²) >= 11 is 6.13. The van der Waals surface area contributed by atoms with Gasteiger partial charge in [0.25, 0.3) is 0 Å². The fourth-order valence-electron chi connectivity index (χ4n) is 1.99. The molecule has 0 saturated carbocycles. The van der Waals surface area contributed by atoms with E-state index in [0.717, 1.165) is 24.9 Å². The Balaban J connectivity index is 2.77. The zero-order valence-electron chi connectivity index (χ0n) is 10.6. The molecule has 0 saturated heterocycles. The first-order chi connectivity index (χ1) is 8.19. The third-order valence-corrected chi connectivity index (χ3v) is 3.22. The maximum atomic E-state index is 13.2. The van der Waals surface area contributed by atoms with Crippen LogP contribution >= 0.6 is 11.6 Å². The van der Waals surface area contributed by atoms with Crippen LogP contribution in [0.5, 0.6) is 0 Å². The highest BCUT2D eigenvalue weighted by molar-refractivity contribution is 6.31. The van der Waals surface area contributed by atoms with E-state index in [4.69, 9.17) is 11.6 Å². The molecule has 0 aromatic heterocycles. The Morgan fingerprint density at radius 1 is 1.29 bits per heavy atom. The lowest BCUT2D eigenvalue weighted by Gasteiger charge is -2.19. The zero-order chi connectivity index (χ0) is 12.7. The number of rotatable bonds is 7. The van der Waals surface area contributed by atoms with Gasteiger partial charge in [0.05, 0.1) is 0 Å². The predicted octanol–water partition coefficient (Wildman–Crippen LogP) is 4.71. The van der Waals surface area contributed by atoms with Crippen LogP contribution in [0.1, 0.15) is 51.1 Å². The van der Waals surface area contributed by atoms with Crippen LogP contribution < -0.4 is 5.32 Å². The molecule has 17 heavy (non-hydrogen) atoms. The molecule has 1 rings (SSSR count). The molecule has 1 unspecified atom stereocenters. The first kappa shape index (κ1) is 14.5. The second-order valence-electron chi connectivity index (χ2n) is 4.27. The Kier molecular flexibility index (Phi) is 6.53. The molecule has 0 heterocycles. The normalized spacial score (nSPS) is 12.7. The molecule has 3 heteroatoms. The molecule has 1 aromatic carbocycles. The smallest absolute Gasteiger partial charge is 0.123 e. The highest BCUT2D eigenvalue weighted by Crippen LogP contribution is 2.27. The Bertz CT molecular complexity index is 341. The molecule has 0 spiro atoms. The molecule has 1 aromatic rings. The van der Waals surface area contributed by atoms with Gasteiger partial charge in [0.2, 0.25) is 0 Å². The number of halogens is 2. The minimum absolute atomic E-state index is 0.162. The summed E-state index contributed by atoms with van der Waals surface area (Å²) in [4.78, 5) is 0. The first-order valence-corrected chi connectivity index (χ1v) is 6.75. The topological polar surface area (TPSA) is 12.0 Å². The Labute approximate surface area is 108 Å². The molecule has 0 aliphatic carbocycles. The second kappa shape index (κ2) is 7.67. The average molecular weight is 258 g/mol. The number of hydrogen-bond acceptors (Lipinski definition) is 1. The summed E-state index contributed by atoms with van der Waals surface area (Å²) in [5.41, 5.74) is 0.879. The van der Waals surface area contributed by atoms with E-state index >= 15 is 0 Å². The lowest BCUT2D eigenvalue weighted by Crippen LogP contribution is -2.21. The maximum absolute atomic E-state index is 13.2. The van der Waals surface area contributed by atoms with E-state index in [-0.39, 0.29) is 11.9 Å². The van der Waals surface area contributed by atoms with Crippen LogP contribution in [0.4, 0.5) is 4.39 Å². The van der Waals surface area contributed by atoms with E-state index in [0.29, 0.717) is 5.02 Å². The summed E-state index contributed by atoms with van der Waals surface area (Å²) in [6, 6.07) is 4.74. The summed E-state index contributed by atoms with van der Waals surface area (Å²) < 4.78 is 13.2. The van der Waals surface area contributed by atoms with E-state index in [9.17, 15) is 4.39 Å². The fourth-order valence-corrected chi connectivity index (χ4v) is 2.24. The van der Waals surface area contributed by atoms with E-state index in [1.54, 1.807) is 12.1 Å². The quantitative estimate of drug-likeness (QED) is 0.698. The fraction of sp³-hybridized carbons (Fsp3) is 0.571. The third kappa shape index (κ3) is 4.64. The van der Waals surface area contributed by atoms with Crippen molar-refractivity contribution in [2.45, 2.75) is 45.6 Å². The second-order valence-corrected chi connectivity index (χ2v) is 4.68. The van der Waals surface area contributed by atoms with Crippen LogP contribution in [-0.4, -0.2) is 6.54 Å². The number of hydrogen-bond donors (Lipinski definition) is 1. The van der Waals surface area contributed by atoms with Gasteiger partial charge in [0, 0.05) is 11.1 Å². The van der Waals surface area contributed by atoms with E-state index < -0.39 is 0 Å². The van der Waals surface area contributed by atoms with Crippen molar-refractivity contribution in [2.24, 2.45) is 0 Å². The molecule has 0 aliphatic heterocycles. The first-order valence-electron chi connectivity index (χ1n) is 6.37. The highest BCUT2D eigenvalue weighted by atomic mass is 35.5. The highest BCUT2D eigenvalue weighted by Gasteiger charge is 2.14. The van der Waals surface area contributed by atoms with Gasteiger partial charge in [-0.15, -0.1) is 0 Å². The SMILES string of the molecule is CCCCCC(NCC)c1cc(F)ccc1Cl. The van der Waals surface area contributed by atoms with Crippen molar-refractivity contribution in [3.8, 4) is 0 Å². The number of benzene rings is 1. The summed E-state index contributed by atoms with van der Waals surface area (Å²) in [6.07, 6.45) is 4.54. The number of nitrogens with one attached hydrogen (secondary N) is 1. The minimum atomic E-state index is -0.220. The summed E-state index contributed by atoms with van der Waals surface area (Å²) in [5, 5.41) is 4.02. The van der Waals surface area contributed by atoms with Crippen molar-refractivity contribution >= 4 is 11.6 Å². The molecule has 96 valence electrons. The van der Waals surface area contributed by atoms with Crippen LogP contribution in [0.3, 0.4) is 0 Å². The van der Waals surface area contributed by atoms with Crippen molar-refractivity contribution in [2.75, 3.05) is 6.54 Å². The van der Waals surface area contributed by atoms with Gasteiger partial charge in [0.1, 0.15) is 5.82 Å². The van der Waals surface area contributed by atoms with Crippen molar-refractivity contribution in [1.29, 1.82) is 0 Å². The summed E-state index contributed by atoms with van der Waals surface area (Å²) in [7, 11) is 0. The standard InChI is InChI=1S/C14H21ClFN/c1-3-5-6-7-14(17-4-2)12-10-11(16)8-9-13(12)15/h8-10,14,17H,3-7H2,1-2H3. The third-order valence-electron chi connectivity index (χ3n) is 2.88. The minimum Gasteiger partial charge on any atom is -0.310 e. The van der Waals surface area contributed by atoms with Gasteiger partial charge in [-0.05, 0) is 36.7 Å². The molecule has 1 N–H and O–H groups in total. The van der Waals surface area contributed by atoms with Crippen molar-refractivity contribution < 1.29 is 4.39 Å². The van der Waals surface area contributed by atoms with Gasteiger partial charge in [-0.3, -0.25) is 0 Å². The van der Waals surface area contributed by atoms with Crippen molar-refractivity contribution in [3.63, 3.8) is 0 Å². The van der Waals surface area contributed by atoms with Gasteiger partial charge in [0.15, 0.2) is 0 Å². The van der Waals surface area contributed by atoms with Crippen molar-refractivity contribution in [3.05, 3.63) is 34.6 Å². The lowest BCUT2D eigenvalue weighted by atomic mass is 10.00. The Morgan fingerprint density at radius 2 is 2.06 bits per heavy atom. The Morgan fingerprint density at radius 3 is 2.71 bits per heavy atom. The summed E-state index contributed by atoms with van der Waals surface area (Å²) in [5.74, 6) is -0.220. The molecule has 0 amide bonds. The summed E-state index contributed by atoms with van der Waals surface area (Å²) in [6.45, 7) is 5.10. The van der Waals surface area contributed by atoms with Gasteiger partial charge in [-0.2, -0.15) is 0 Å². The van der Waals surface area contributed by atoms with Gasteiger partial charge >= 0.3 is 0 Å². The zero-order valence-corrected chi connectivity index (χ0v) is 11.4. The van der Waals surface area contributed by atoms with Crippen LogP contribution in [0, 0.1) is 5.82 Å². The van der Waals surface area contributed by atoms with Crippen molar-refractivity contribution in [1.82, 2.24) is 5.32 Å². The van der Waals surface area contributed by atoms with Crippen LogP contribution in [0.25, 0.3) is 0 Å². The molecule has 0 aliphatic rings. The molecular weight excluding hydrogens is 237 g/mol. The Hall–Kier alpha value is -0.600. The molecule has 1 atom stereocenters. The van der Waals surface area contributed by atoms with E-state index in [2.05, 4.69) is 19.2 Å².